The first kappa shape index (κ1) is 20.6. The van der Waals surface area contributed by atoms with Crippen molar-refractivity contribution in [1.82, 2.24) is 20.4 Å². The molecule has 1 atom stereocenters. The lowest BCUT2D eigenvalue weighted by Crippen LogP contribution is -2.22. The Kier molecular flexibility index (Phi) is 6.12. The molecule has 164 valence electrons. The van der Waals surface area contributed by atoms with Gasteiger partial charge < -0.3 is 10.5 Å². The van der Waals surface area contributed by atoms with Crippen molar-refractivity contribution in [3.63, 3.8) is 0 Å². The number of nitrogens with one attached hydrogen (secondary N) is 1. The van der Waals surface area contributed by atoms with Gasteiger partial charge in [0.2, 0.25) is 0 Å². The van der Waals surface area contributed by atoms with Gasteiger partial charge in [0, 0.05) is 12.5 Å². The number of benzene rings is 2. The Hall–Kier alpha value is -3.25. The van der Waals surface area contributed by atoms with Crippen LogP contribution in [0.3, 0.4) is 0 Å². The van der Waals surface area contributed by atoms with Gasteiger partial charge in [-0.25, -0.2) is 10.1 Å². The van der Waals surface area contributed by atoms with Crippen LogP contribution in [0.2, 0.25) is 0 Å². The second-order valence-corrected chi connectivity index (χ2v) is 8.65. The summed E-state index contributed by atoms with van der Waals surface area (Å²) < 4.78 is 6.37. The van der Waals surface area contributed by atoms with E-state index in [4.69, 9.17) is 10.5 Å². The molecule has 0 bridgehead atoms. The Balaban J connectivity index is 1.26. The van der Waals surface area contributed by atoms with Crippen LogP contribution in [0.4, 0.5) is 5.82 Å². The Morgan fingerprint density at radius 2 is 1.69 bits per heavy atom. The fourth-order valence-corrected chi connectivity index (χ4v) is 4.98. The predicted molar refractivity (Wildman–Crippen MR) is 126 cm³/mol. The second kappa shape index (κ2) is 9.49. The summed E-state index contributed by atoms with van der Waals surface area (Å²) in [7, 11) is 0. The zero-order valence-corrected chi connectivity index (χ0v) is 18.2. The summed E-state index contributed by atoms with van der Waals surface area (Å²) in [5.74, 6) is 1.25. The number of aromatic amines is 1. The lowest BCUT2D eigenvalue weighted by Gasteiger charge is -2.29. The van der Waals surface area contributed by atoms with E-state index in [1.54, 1.807) is 0 Å². The summed E-state index contributed by atoms with van der Waals surface area (Å²) in [5, 5.41) is 11.1. The molecule has 6 heteroatoms. The Bertz CT molecular complexity index is 1140. The van der Waals surface area contributed by atoms with Crippen molar-refractivity contribution in [1.29, 1.82) is 0 Å². The summed E-state index contributed by atoms with van der Waals surface area (Å²) in [6.45, 7) is 0.696. The molecule has 2 aromatic carbocycles. The molecule has 0 amide bonds. The molecule has 1 fully saturated rings. The van der Waals surface area contributed by atoms with Crippen molar-refractivity contribution in [3.8, 4) is 0 Å². The monoisotopic (exact) mass is 427 g/mol. The van der Waals surface area contributed by atoms with Crippen LogP contribution in [0.1, 0.15) is 60.6 Å². The van der Waals surface area contributed by atoms with E-state index in [1.807, 2.05) is 12.1 Å². The van der Waals surface area contributed by atoms with Crippen LogP contribution in [0, 0.1) is 0 Å². The molecular formula is C26H29N5O. The number of nitrogens with two attached hydrogens (primary N) is 1. The molecule has 1 aliphatic rings. The number of aromatic nitrogens is 4. The molecule has 1 aliphatic carbocycles. The highest BCUT2D eigenvalue weighted by Gasteiger charge is 2.24. The van der Waals surface area contributed by atoms with Gasteiger partial charge in [0.25, 0.3) is 0 Å². The van der Waals surface area contributed by atoms with E-state index in [0.29, 0.717) is 30.1 Å². The first-order valence-electron chi connectivity index (χ1n) is 11.5. The fraction of sp³-hybridized carbons (Fsp3) is 0.346. The van der Waals surface area contributed by atoms with Crippen molar-refractivity contribution in [2.45, 2.75) is 50.0 Å². The van der Waals surface area contributed by atoms with Gasteiger partial charge in [-0.1, -0.05) is 65.9 Å². The van der Waals surface area contributed by atoms with Gasteiger partial charge in [0.05, 0.1) is 6.10 Å². The highest BCUT2D eigenvalue weighted by Crippen LogP contribution is 2.35. The van der Waals surface area contributed by atoms with Crippen molar-refractivity contribution < 1.29 is 4.74 Å². The normalized spacial score (nSPS) is 19.8. The lowest BCUT2D eigenvalue weighted by molar-refractivity contribution is 0.0221. The Labute approximate surface area is 188 Å². The van der Waals surface area contributed by atoms with Crippen LogP contribution in [-0.2, 0) is 4.74 Å². The highest BCUT2D eigenvalue weighted by atomic mass is 16.5. The van der Waals surface area contributed by atoms with Gasteiger partial charge in [0.15, 0.2) is 5.65 Å². The van der Waals surface area contributed by atoms with E-state index in [-0.39, 0.29) is 5.92 Å². The van der Waals surface area contributed by atoms with E-state index < -0.39 is 0 Å². The number of H-pyrrole nitrogens is 1. The average molecular weight is 428 g/mol. The standard InChI is InChI=1S/C26H29N5O/c27-24-17-23(25-26(28-24)30-31-29-25)22(20-9-5-2-6-10-20)15-16-32-21-13-11-19(12-14-21)18-7-3-1-4-8-18/h1-10,17,19,21-22H,11-16H2,(H3,27,28,29,30,31). The first-order chi connectivity index (χ1) is 15.8. The van der Waals surface area contributed by atoms with Gasteiger partial charge in [-0.3, -0.25) is 0 Å². The average Bonchev–Trinajstić information content (AvgIpc) is 3.31. The van der Waals surface area contributed by atoms with Gasteiger partial charge in [-0.05, 0) is 60.8 Å². The Morgan fingerprint density at radius 1 is 0.969 bits per heavy atom. The number of rotatable bonds is 7. The van der Waals surface area contributed by atoms with Crippen LogP contribution >= 0.6 is 0 Å². The topological polar surface area (TPSA) is 89.7 Å². The summed E-state index contributed by atoms with van der Waals surface area (Å²) in [4.78, 5) is 4.32. The van der Waals surface area contributed by atoms with E-state index >= 15 is 0 Å². The smallest absolute Gasteiger partial charge is 0.178 e. The molecule has 0 saturated heterocycles. The van der Waals surface area contributed by atoms with Crippen molar-refractivity contribution in [2.75, 3.05) is 12.3 Å². The predicted octanol–water partition coefficient (Wildman–Crippen LogP) is 5.20. The third-order valence-electron chi connectivity index (χ3n) is 6.63. The lowest BCUT2D eigenvalue weighted by atomic mass is 9.83. The zero-order valence-electron chi connectivity index (χ0n) is 18.2. The van der Waals surface area contributed by atoms with Gasteiger partial charge >= 0.3 is 0 Å². The summed E-state index contributed by atoms with van der Waals surface area (Å²) >= 11 is 0. The van der Waals surface area contributed by atoms with Gasteiger partial charge in [-0.15, -0.1) is 5.10 Å². The van der Waals surface area contributed by atoms with Crippen LogP contribution in [0.5, 0.6) is 0 Å². The zero-order chi connectivity index (χ0) is 21.8. The van der Waals surface area contributed by atoms with Crippen LogP contribution in [0.15, 0.2) is 66.7 Å². The highest BCUT2D eigenvalue weighted by molar-refractivity contribution is 5.77. The fourth-order valence-electron chi connectivity index (χ4n) is 4.98. The van der Waals surface area contributed by atoms with Crippen molar-refractivity contribution in [2.24, 2.45) is 0 Å². The third-order valence-corrected chi connectivity index (χ3v) is 6.63. The maximum atomic E-state index is 6.37. The number of nitrogen functional groups attached to an aromatic ring is 1. The molecule has 0 aliphatic heterocycles. The maximum absolute atomic E-state index is 6.37. The molecule has 6 nitrogen and oxygen atoms in total. The summed E-state index contributed by atoms with van der Waals surface area (Å²) in [6.07, 6.45) is 5.81. The third kappa shape index (κ3) is 4.50. The first-order valence-corrected chi connectivity index (χ1v) is 11.5. The largest absolute Gasteiger partial charge is 0.384 e. The molecule has 3 N–H and O–H groups in total. The molecule has 4 aromatic rings. The summed E-state index contributed by atoms with van der Waals surface area (Å²) in [6, 6.07) is 23.3. The Morgan fingerprint density at radius 3 is 2.44 bits per heavy atom. The number of fused-ring (bicyclic) bond motifs is 1. The van der Waals surface area contributed by atoms with E-state index in [1.165, 1.54) is 24.0 Å². The molecule has 5 rings (SSSR count). The van der Waals surface area contributed by atoms with Crippen LogP contribution < -0.4 is 5.73 Å². The molecule has 2 heterocycles. The number of hydrogen-bond donors (Lipinski definition) is 2. The quantitative estimate of drug-likeness (QED) is 0.423. The number of ether oxygens (including phenoxy) is 1. The SMILES string of the molecule is Nc1cc(C(CCOC2CCC(c3ccccc3)CC2)c2ccccc2)c2nn[nH]c2n1. The summed E-state index contributed by atoms with van der Waals surface area (Å²) in [5.41, 5.74) is 11.2. The number of nitrogens with zero attached hydrogens (tertiary/aromatic N) is 3. The van der Waals surface area contributed by atoms with Crippen molar-refractivity contribution in [3.05, 3.63) is 83.4 Å². The molecule has 2 aromatic heterocycles. The molecule has 0 radical (unpaired) electrons. The molecule has 0 spiro atoms. The minimum atomic E-state index is 0.120. The minimum absolute atomic E-state index is 0.120. The number of pyridine rings is 1. The molecule has 1 saturated carbocycles. The molecular weight excluding hydrogens is 398 g/mol. The second-order valence-electron chi connectivity index (χ2n) is 8.65. The van der Waals surface area contributed by atoms with E-state index in [9.17, 15) is 0 Å². The minimum Gasteiger partial charge on any atom is -0.384 e. The van der Waals surface area contributed by atoms with Crippen LogP contribution in [0.25, 0.3) is 11.2 Å². The van der Waals surface area contributed by atoms with Crippen molar-refractivity contribution >= 4 is 17.0 Å². The number of anilines is 1. The maximum Gasteiger partial charge on any atom is 0.178 e. The van der Waals surface area contributed by atoms with E-state index in [2.05, 4.69) is 75.0 Å². The van der Waals surface area contributed by atoms with Crippen LogP contribution in [-0.4, -0.2) is 33.1 Å². The molecule has 32 heavy (non-hydrogen) atoms. The van der Waals surface area contributed by atoms with Gasteiger partial charge in [0.1, 0.15) is 11.3 Å². The number of hydrogen-bond acceptors (Lipinski definition) is 5. The van der Waals surface area contributed by atoms with Gasteiger partial charge in [-0.2, -0.15) is 0 Å². The molecule has 1 unspecified atom stereocenters. The van der Waals surface area contributed by atoms with E-state index in [0.717, 1.165) is 30.3 Å².